The summed E-state index contributed by atoms with van der Waals surface area (Å²) in [6.07, 6.45) is 1.05. The fourth-order valence-corrected chi connectivity index (χ4v) is 1.67. The zero-order valence-electron chi connectivity index (χ0n) is 11.5. The van der Waals surface area contributed by atoms with Crippen molar-refractivity contribution in [3.63, 3.8) is 0 Å². The van der Waals surface area contributed by atoms with E-state index >= 15 is 0 Å². The molecule has 0 heterocycles. The highest BCUT2D eigenvalue weighted by molar-refractivity contribution is 5.96. The summed E-state index contributed by atoms with van der Waals surface area (Å²) >= 11 is 0. The van der Waals surface area contributed by atoms with E-state index in [1.54, 1.807) is 12.1 Å². The summed E-state index contributed by atoms with van der Waals surface area (Å²) in [7, 11) is 1.99. The maximum Gasteiger partial charge on any atom is 0.325 e. The van der Waals surface area contributed by atoms with Gasteiger partial charge in [0.2, 0.25) is 0 Å². The SMILES string of the molecule is CCCN(C)c1ccc(C(=O)NC(C)C(=O)O)cc1. The molecule has 0 saturated heterocycles. The lowest BCUT2D eigenvalue weighted by Gasteiger charge is -2.18. The Morgan fingerprint density at radius 2 is 1.89 bits per heavy atom. The number of rotatable bonds is 6. The molecule has 0 saturated carbocycles. The molecule has 1 aromatic carbocycles. The van der Waals surface area contributed by atoms with E-state index in [0.29, 0.717) is 5.56 Å². The molecule has 0 aliphatic rings. The van der Waals surface area contributed by atoms with Crippen molar-refractivity contribution in [2.24, 2.45) is 0 Å². The van der Waals surface area contributed by atoms with Gasteiger partial charge >= 0.3 is 5.97 Å². The number of carbonyl (C=O) groups excluding carboxylic acids is 1. The first-order valence-corrected chi connectivity index (χ1v) is 6.30. The highest BCUT2D eigenvalue weighted by atomic mass is 16.4. The number of nitrogens with zero attached hydrogens (tertiary/aromatic N) is 1. The number of carbonyl (C=O) groups is 2. The number of carboxylic acids is 1. The van der Waals surface area contributed by atoms with Crippen LogP contribution in [0.1, 0.15) is 30.6 Å². The van der Waals surface area contributed by atoms with E-state index in [-0.39, 0.29) is 5.91 Å². The Hall–Kier alpha value is -2.04. The van der Waals surface area contributed by atoms with Gasteiger partial charge in [-0.25, -0.2) is 0 Å². The Morgan fingerprint density at radius 1 is 1.32 bits per heavy atom. The molecule has 1 aromatic rings. The van der Waals surface area contributed by atoms with Crippen LogP contribution in [0.5, 0.6) is 0 Å². The second kappa shape index (κ2) is 6.78. The molecule has 5 heteroatoms. The number of anilines is 1. The minimum Gasteiger partial charge on any atom is -0.480 e. The lowest BCUT2D eigenvalue weighted by molar-refractivity contribution is -0.138. The van der Waals surface area contributed by atoms with Crippen molar-refractivity contribution < 1.29 is 14.7 Å². The average molecular weight is 264 g/mol. The molecule has 1 amide bonds. The van der Waals surface area contributed by atoms with E-state index < -0.39 is 12.0 Å². The minimum absolute atomic E-state index is 0.375. The van der Waals surface area contributed by atoms with E-state index in [2.05, 4.69) is 17.1 Å². The van der Waals surface area contributed by atoms with Crippen LogP contribution in [0.15, 0.2) is 24.3 Å². The number of hydrogen-bond donors (Lipinski definition) is 2. The summed E-state index contributed by atoms with van der Waals surface area (Å²) in [5.41, 5.74) is 1.49. The van der Waals surface area contributed by atoms with Crippen LogP contribution in [-0.2, 0) is 4.79 Å². The maximum atomic E-state index is 11.8. The molecular formula is C14H20N2O3. The van der Waals surface area contributed by atoms with Crippen LogP contribution in [0.2, 0.25) is 0 Å². The molecule has 1 rings (SSSR count). The molecule has 0 bridgehead atoms. The molecule has 0 radical (unpaired) electrons. The predicted octanol–water partition coefficient (Wildman–Crippen LogP) is 1.74. The number of aliphatic carboxylic acids is 1. The first-order valence-electron chi connectivity index (χ1n) is 6.30. The largest absolute Gasteiger partial charge is 0.480 e. The Kier molecular flexibility index (Phi) is 5.36. The van der Waals surface area contributed by atoms with Crippen LogP contribution in [0.3, 0.4) is 0 Å². The van der Waals surface area contributed by atoms with Crippen molar-refractivity contribution >= 4 is 17.6 Å². The molecule has 104 valence electrons. The average Bonchev–Trinajstić information content (AvgIpc) is 2.39. The van der Waals surface area contributed by atoms with Crippen molar-refractivity contribution in [2.45, 2.75) is 26.3 Å². The fraction of sp³-hybridized carbons (Fsp3) is 0.429. The number of hydrogen-bond acceptors (Lipinski definition) is 3. The van der Waals surface area contributed by atoms with Gasteiger partial charge in [-0.15, -0.1) is 0 Å². The first-order chi connectivity index (χ1) is 8.95. The van der Waals surface area contributed by atoms with Gasteiger partial charge in [0, 0.05) is 24.8 Å². The lowest BCUT2D eigenvalue weighted by atomic mass is 10.1. The summed E-state index contributed by atoms with van der Waals surface area (Å²) in [4.78, 5) is 24.5. The topological polar surface area (TPSA) is 69.6 Å². The summed E-state index contributed by atoms with van der Waals surface area (Å²) < 4.78 is 0. The van der Waals surface area contributed by atoms with Crippen molar-refractivity contribution in [1.82, 2.24) is 5.32 Å². The van der Waals surface area contributed by atoms with Crippen LogP contribution < -0.4 is 10.2 Å². The number of nitrogens with one attached hydrogen (secondary N) is 1. The first kappa shape index (κ1) is 15.0. The fourth-order valence-electron chi connectivity index (χ4n) is 1.67. The van der Waals surface area contributed by atoms with Crippen LogP contribution in [0, 0.1) is 0 Å². The van der Waals surface area contributed by atoms with Crippen LogP contribution in [-0.4, -0.2) is 36.6 Å². The van der Waals surface area contributed by atoms with Gasteiger partial charge in [0.1, 0.15) is 6.04 Å². The third kappa shape index (κ3) is 4.28. The zero-order chi connectivity index (χ0) is 14.4. The van der Waals surface area contributed by atoms with Crippen molar-refractivity contribution in [3.05, 3.63) is 29.8 Å². The van der Waals surface area contributed by atoms with Gasteiger partial charge in [-0.05, 0) is 37.6 Å². The number of benzene rings is 1. The Morgan fingerprint density at radius 3 is 2.37 bits per heavy atom. The van der Waals surface area contributed by atoms with Gasteiger partial charge in [-0.3, -0.25) is 9.59 Å². The molecule has 0 aromatic heterocycles. The van der Waals surface area contributed by atoms with Crippen molar-refractivity contribution in [2.75, 3.05) is 18.5 Å². The highest BCUT2D eigenvalue weighted by Crippen LogP contribution is 2.14. The third-order valence-corrected chi connectivity index (χ3v) is 2.85. The molecule has 1 atom stereocenters. The summed E-state index contributed by atoms with van der Waals surface area (Å²) in [6, 6.07) is 6.22. The van der Waals surface area contributed by atoms with E-state index in [1.807, 2.05) is 19.2 Å². The Balaban J connectivity index is 2.70. The van der Waals surface area contributed by atoms with Crippen LogP contribution in [0.25, 0.3) is 0 Å². The molecule has 2 N–H and O–H groups in total. The van der Waals surface area contributed by atoms with E-state index in [9.17, 15) is 9.59 Å². The molecule has 19 heavy (non-hydrogen) atoms. The molecular weight excluding hydrogens is 244 g/mol. The minimum atomic E-state index is -1.05. The molecule has 0 aliphatic heterocycles. The van der Waals surface area contributed by atoms with Crippen molar-refractivity contribution in [3.8, 4) is 0 Å². The highest BCUT2D eigenvalue weighted by Gasteiger charge is 2.15. The van der Waals surface area contributed by atoms with Gasteiger partial charge in [0.25, 0.3) is 5.91 Å². The Bertz CT molecular complexity index is 443. The molecule has 1 unspecified atom stereocenters. The van der Waals surface area contributed by atoms with Crippen LogP contribution >= 0.6 is 0 Å². The molecule has 5 nitrogen and oxygen atoms in total. The summed E-state index contributed by atoms with van der Waals surface area (Å²) in [5.74, 6) is -1.42. The van der Waals surface area contributed by atoms with Gasteiger partial charge in [-0.2, -0.15) is 0 Å². The van der Waals surface area contributed by atoms with Crippen LogP contribution in [0.4, 0.5) is 5.69 Å². The molecule has 0 fully saturated rings. The van der Waals surface area contributed by atoms with Gasteiger partial charge in [-0.1, -0.05) is 6.92 Å². The monoisotopic (exact) mass is 264 g/mol. The summed E-state index contributed by atoms with van der Waals surface area (Å²) in [5, 5.41) is 11.1. The summed E-state index contributed by atoms with van der Waals surface area (Å²) in [6.45, 7) is 4.48. The molecule has 0 aliphatic carbocycles. The third-order valence-electron chi connectivity index (χ3n) is 2.85. The predicted molar refractivity (Wildman–Crippen MR) is 74.6 cm³/mol. The lowest BCUT2D eigenvalue weighted by Crippen LogP contribution is -2.38. The normalized spacial score (nSPS) is 11.7. The standard InChI is InChI=1S/C14H20N2O3/c1-4-9-16(3)12-7-5-11(6-8-12)13(17)15-10(2)14(18)19/h5-8,10H,4,9H2,1-3H3,(H,15,17)(H,18,19). The Labute approximate surface area is 113 Å². The zero-order valence-corrected chi connectivity index (χ0v) is 11.5. The van der Waals surface area contributed by atoms with E-state index in [1.165, 1.54) is 6.92 Å². The van der Waals surface area contributed by atoms with E-state index in [4.69, 9.17) is 5.11 Å². The number of carboxylic acid groups (broad SMARTS) is 1. The maximum absolute atomic E-state index is 11.8. The van der Waals surface area contributed by atoms with Gasteiger partial charge in [0.05, 0.1) is 0 Å². The smallest absolute Gasteiger partial charge is 0.325 e. The van der Waals surface area contributed by atoms with Gasteiger partial charge < -0.3 is 15.3 Å². The van der Waals surface area contributed by atoms with Crippen molar-refractivity contribution in [1.29, 1.82) is 0 Å². The van der Waals surface area contributed by atoms with E-state index in [0.717, 1.165) is 18.7 Å². The quantitative estimate of drug-likeness (QED) is 0.821. The second-order valence-corrected chi connectivity index (χ2v) is 4.50. The molecule has 0 spiro atoms. The second-order valence-electron chi connectivity index (χ2n) is 4.50. The van der Waals surface area contributed by atoms with Gasteiger partial charge in [0.15, 0.2) is 0 Å². The number of amides is 1.